The van der Waals surface area contributed by atoms with E-state index in [0.29, 0.717) is 11.3 Å². The van der Waals surface area contributed by atoms with Crippen molar-refractivity contribution >= 4 is 5.91 Å². The monoisotopic (exact) mass is 212 g/mol. The van der Waals surface area contributed by atoms with Gasteiger partial charge in [-0.25, -0.2) is 0 Å². The Morgan fingerprint density at radius 3 is 2.36 bits per heavy atom. The second-order valence-corrected chi connectivity index (χ2v) is 3.38. The number of carbonyl (C=O) groups excluding carboxylic acids is 1. The number of nitrogens with two attached hydrogens (primary N) is 1. The molecule has 14 heavy (non-hydrogen) atoms. The van der Waals surface area contributed by atoms with Gasteiger partial charge in [0.25, 0.3) is 0 Å². The Morgan fingerprint density at radius 2 is 2.00 bits per heavy atom. The maximum absolute atomic E-state index is 11.8. The lowest BCUT2D eigenvalue weighted by molar-refractivity contribution is -0.158. The molecule has 0 rings (SSSR count). The smallest absolute Gasteiger partial charge is 0.337 e. The number of alkyl halides is 3. The van der Waals surface area contributed by atoms with E-state index in [1.807, 2.05) is 0 Å². The molecule has 0 aliphatic heterocycles. The minimum Gasteiger partial charge on any atom is -0.337 e. The summed E-state index contributed by atoms with van der Waals surface area (Å²) in [5.41, 5.74) is 5.38. The first-order chi connectivity index (χ1) is 6.22. The van der Waals surface area contributed by atoms with Crippen LogP contribution < -0.4 is 5.73 Å². The Bertz CT molecular complexity index is 192. The van der Waals surface area contributed by atoms with E-state index in [-0.39, 0.29) is 12.5 Å². The zero-order valence-corrected chi connectivity index (χ0v) is 8.27. The lowest BCUT2D eigenvalue weighted by atomic mass is 10.2. The number of hydrogen-bond acceptors (Lipinski definition) is 2. The molecule has 1 unspecified atom stereocenters. The normalized spacial score (nSPS) is 13.9. The number of nitrogens with zero attached hydrogens (tertiary/aromatic N) is 1. The number of halogens is 3. The molecule has 0 heterocycles. The van der Waals surface area contributed by atoms with Gasteiger partial charge in [0.2, 0.25) is 5.91 Å². The van der Waals surface area contributed by atoms with Crippen molar-refractivity contribution in [3.05, 3.63) is 0 Å². The van der Waals surface area contributed by atoms with Gasteiger partial charge in [-0.15, -0.1) is 0 Å². The van der Waals surface area contributed by atoms with Gasteiger partial charge in [-0.2, -0.15) is 13.2 Å². The van der Waals surface area contributed by atoms with Gasteiger partial charge in [0.1, 0.15) is 6.54 Å². The summed E-state index contributed by atoms with van der Waals surface area (Å²) in [6, 6.07) is -0.168. The van der Waals surface area contributed by atoms with E-state index in [1.54, 1.807) is 6.92 Å². The van der Waals surface area contributed by atoms with Crippen molar-refractivity contribution in [2.75, 3.05) is 13.6 Å². The summed E-state index contributed by atoms with van der Waals surface area (Å²) in [6.45, 7) is 0.502. The lowest BCUT2D eigenvalue weighted by Crippen LogP contribution is -2.36. The number of amides is 1. The Balaban J connectivity index is 3.88. The first-order valence-corrected chi connectivity index (χ1v) is 4.28. The average molecular weight is 212 g/mol. The first-order valence-electron chi connectivity index (χ1n) is 4.28. The van der Waals surface area contributed by atoms with Crippen LogP contribution in [0.2, 0.25) is 0 Å². The molecule has 1 atom stereocenters. The molecule has 0 saturated heterocycles. The predicted molar refractivity (Wildman–Crippen MR) is 46.6 cm³/mol. The van der Waals surface area contributed by atoms with Crippen LogP contribution in [-0.2, 0) is 4.79 Å². The van der Waals surface area contributed by atoms with Gasteiger partial charge >= 0.3 is 6.18 Å². The van der Waals surface area contributed by atoms with Crippen LogP contribution in [-0.4, -0.2) is 36.6 Å². The largest absolute Gasteiger partial charge is 0.406 e. The summed E-state index contributed by atoms with van der Waals surface area (Å²) < 4.78 is 35.5. The fraction of sp³-hybridized carbons (Fsp3) is 0.875. The van der Waals surface area contributed by atoms with Gasteiger partial charge in [0, 0.05) is 19.5 Å². The molecule has 0 aromatic heterocycles. The topological polar surface area (TPSA) is 46.3 Å². The number of carbonyl (C=O) groups is 1. The second kappa shape index (κ2) is 5.19. The van der Waals surface area contributed by atoms with Gasteiger partial charge < -0.3 is 10.6 Å². The Hall–Kier alpha value is -0.780. The highest BCUT2D eigenvalue weighted by Gasteiger charge is 2.30. The minimum absolute atomic E-state index is 0.0598. The van der Waals surface area contributed by atoms with E-state index in [1.165, 1.54) is 0 Å². The van der Waals surface area contributed by atoms with E-state index < -0.39 is 18.6 Å². The lowest BCUT2D eigenvalue weighted by Gasteiger charge is -2.19. The van der Waals surface area contributed by atoms with Gasteiger partial charge in [-0.3, -0.25) is 4.79 Å². The first kappa shape index (κ1) is 13.2. The third-order valence-electron chi connectivity index (χ3n) is 1.66. The molecule has 84 valence electrons. The fourth-order valence-electron chi connectivity index (χ4n) is 0.899. The molecule has 2 N–H and O–H groups in total. The second-order valence-electron chi connectivity index (χ2n) is 3.38. The third-order valence-corrected chi connectivity index (χ3v) is 1.66. The van der Waals surface area contributed by atoms with Gasteiger partial charge in [0.15, 0.2) is 0 Å². The third kappa shape index (κ3) is 6.71. The van der Waals surface area contributed by atoms with Crippen molar-refractivity contribution < 1.29 is 18.0 Å². The van der Waals surface area contributed by atoms with Crippen molar-refractivity contribution in [1.29, 1.82) is 0 Å². The van der Waals surface area contributed by atoms with Crippen LogP contribution >= 0.6 is 0 Å². The minimum atomic E-state index is -4.33. The van der Waals surface area contributed by atoms with Crippen molar-refractivity contribution in [2.24, 2.45) is 5.73 Å². The molecule has 0 radical (unpaired) electrons. The van der Waals surface area contributed by atoms with E-state index in [0.717, 1.165) is 7.05 Å². The van der Waals surface area contributed by atoms with Crippen LogP contribution in [0.1, 0.15) is 19.8 Å². The molecule has 0 bridgehead atoms. The van der Waals surface area contributed by atoms with Gasteiger partial charge in [-0.05, 0) is 13.3 Å². The molecule has 0 spiro atoms. The van der Waals surface area contributed by atoms with E-state index in [4.69, 9.17) is 5.73 Å². The van der Waals surface area contributed by atoms with Crippen molar-refractivity contribution in [1.82, 2.24) is 4.90 Å². The molecule has 0 saturated carbocycles. The molecule has 6 heteroatoms. The quantitative estimate of drug-likeness (QED) is 0.759. The Labute approximate surface area is 81.1 Å². The zero-order chi connectivity index (χ0) is 11.4. The summed E-state index contributed by atoms with van der Waals surface area (Å²) in [4.78, 5) is 11.8. The molecule has 0 aliphatic rings. The molecule has 3 nitrogen and oxygen atoms in total. The molecule has 1 amide bonds. The van der Waals surface area contributed by atoms with E-state index >= 15 is 0 Å². The van der Waals surface area contributed by atoms with Gasteiger partial charge in [0.05, 0.1) is 0 Å². The molecule has 0 aromatic rings. The van der Waals surface area contributed by atoms with Crippen molar-refractivity contribution in [3.63, 3.8) is 0 Å². The Morgan fingerprint density at radius 1 is 1.50 bits per heavy atom. The highest BCUT2D eigenvalue weighted by atomic mass is 19.4. The van der Waals surface area contributed by atoms with Crippen LogP contribution in [0.15, 0.2) is 0 Å². The maximum Gasteiger partial charge on any atom is 0.406 e. The molecule has 0 aromatic carbocycles. The summed E-state index contributed by atoms with van der Waals surface area (Å²) in [7, 11) is 1.14. The van der Waals surface area contributed by atoms with Gasteiger partial charge in [-0.1, -0.05) is 0 Å². The summed E-state index contributed by atoms with van der Waals surface area (Å²) >= 11 is 0. The van der Waals surface area contributed by atoms with Crippen LogP contribution in [0.25, 0.3) is 0 Å². The van der Waals surface area contributed by atoms with Crippen LogP contribution in [0, 0.1) is 0 Å². The summed E-state index contributed by atoms with van der Waals surface area (Å²) in [5.74, 6) is -0.528. The number of rotatable bonds is 4. The Kier molecular flexibility index (Phi) is 4.90. The van der Waals surface area contributed by atoms with Crippen molar-refractivity contribution in [2.45, 2.75) is 32.0 Å². The predicted octanol–water partition coefficient (Wildman–Crippen LogP) is 1.13. The molecule has 0 fully saturated rings. The molecular formula is C8H15F3N2O. The highest BCUT2D eigenvalue weighted by Crippen LogP contribution is 2.16. The SMILES string of the molecule is CC(N)CCC(=O)N(C)CC(F)(F)F. The average Bonchev–Trinajstić information content (AvgIpc) is 1.96. The standard InChI is InChI=1S/C8H15F3N2O/c1-6(12)3-4-7(14)13(2)5-8(9,10)11/h6H,3-5,12H2,1-2H3. The van der Waals surface area contributed by atoms with Crippen LogP contribution in [0.5, 0.6) is 0 Å². The van der Waals surface area contributed by atoms with E-state index in [9.17, 15) is 18.0 Å². The zero-order valence-electron chi connectivity index (χ0n) is 8.27. The number of hydrogen-bond donors (Lipinski definition) is 1. The summed E-state index contributed by atoms with van der Waals surface area (Å²) in [6.07, 6.45) is -3.87. The van der Waals surface area contributed by atoms with E-state index in [2.05, 4.69) is 0 Å². The molecular weight excluding hydrogens is 197 g/mol. The van der Waals surface area contributed by atoms with Crippen LogP contribution in [0.3, 0.4) is 0 Å². The fourth-order valence-corrected chi connectivity index (χ4v) is 0.899. The molecule has 0 aliphatic carbocycles. The highest BCUT2D eigenvalue weighted by molar-refractivity contribution is 5.75. The van der Waals surface area contributed by atoms with Crippen molar-refractivity contribution in [3.8, 4) is 0 Å². The maximum atomic E-state index is 11.8. The van der Waals surface area contributed by atoms with Crippen LogP contribution in [0.4, 0.5) is 13.2 Å². The summed E-state index contributed by atoms with van der Waals surface area (Å²) in [5, 5.41) is 0.